The minimum atomic E-state index is -0.148. The topological polar surface area (TPSA) is 56.1 Å². The van der Waals surface area contributed by atoms with Gasteiger partial charge in [0, 0.05) is 29.1 Å². The maximum atomic E-state index is 12.4. The molecular weight excluding hydrogens is 398 g/mol. The molecule has 1 N–H and O–H groups in total. The van der Waals surface area contributed by atoms with Gasteiger partial charge in [0.05, 0.1) is 24.7 Å². The highest BCUT2D eigenvalue weighted by molar-refractivity contribution is 6.30. The molecule has 0 saturated heterocycles. The Hall–Kier alpha value is -3.31. The van der Waals surface area contributed by atoms with Gasteiger partial charge in [-0.25, -0.2) is 4.98 Å². The number of carbonyl (C=O) groups excluding carboxylic acids is 1. The minimum Gasteiger partial charge on any atom is -0.496 e. The molecule has 4 rings (SSSR count). The lowest BCUT2D eigenvalue weighted by atomic mass is 10.2. The lowest BCUT2D eigenvalue weighted by Gasteiger charge is -2.13. The molecule has 0 fully saturated rings. The number of methoxy groups -OCH3 is 1. The van der Waals surface area contributed by atoms with E-state index < -0.39 is 0 Å². The number of nitrogens with zero attached hydrogens (tertiary/aromatic N) is 2. The number of para-hydroxylation sites is 3. The molecule has 0 unspecified atom stereocenters. The van der Waals surface area contributed by atoms with Gasteiger partial charge in [0.1, 0.15) is 11.6 Å². The first-order valence-corrected chi connectivity index (χ1v) is 10.1. The van der Waals surface area contributed by atoms with Crippen molar-refractivity contribution in [2.45, 2.75) is 13.0 Å². The smallest absolute Gasteiger partial charge is 0.251 e. The molecule has 1 amide bonds. The highest BCUT2D eigenvalue weighted by Gasteiger charge is 2.13. The van der Waals surface area contributed by atoms with Crippen molar-refractivity contribution in [1.82, 2.24) is 14.9 Å². The highest BCUT2D eigenvalue weighted by atomic mass is 35.5. The summed E-state index contributed by atoms with van der Waals surface area (Å²) in [4.78, 5) is 17.2. The number of fused-ring (bicyclic) bond motifs is 1. The number of aromatic nitrogens is 2. The third-order valence-corrected chi connectivity index (χ3v) is 5.21. The Kier molecular flexibility index (Phi) is 6.00. The molecule has 1 heterocycles. The summed E-state index contributed by atoms with van der Waals surface area (Å²) in [6, 6.07) is 22.9. The monoisotopic (exact) mass is 419 g/mol. The lowest BCUT2D eigenvalue weighted by molar-refractivity contribution is 0.0954. The van der Waals surface area contributed by atoms with Gasteiger partial charge in [0.2, 0.25) is 0 Å². The fourth-order valence-corrected chi connectivity index (χ4v) is 3.71. The van der Waals surface area contributed by atoms with Gasteiger partial charge in [-0.1, -0.05) is 48.0 Å². The molecule has 0 atom stereocenters. The van der Waals surface area contributed by atoms with Gasteiger partial charge >= 0.3 is 0 Å². The van der Waals surface area contributed by atoms with Gasteiger partial charge < -0.3 is 14.6 Å². The van der Waals surface area contributed by atoms with Crippen molar-refractivity contribution >= 4 is 28.5 Å². The van der Waals surface area contributed by atoms with Crippen molar-refractivity contribution in [2.24, 2.45) is 0 Å². The zero-order chi connectivity index (χ0) is 20.9. The predicted molar refractivity (Wildman–Crippen MR) is 119 cm³/mol. The van der Waals surface area contributed by atoms with Crippen LogP contribution in [0.1, 0.15) is 21.7 Å². The second kappa shape index (κ2) is 9.01. The summed E-state index contributed by atoms with van der Waals surface area (Å²) in [6.07, 6.45) is 0.607. The van der Waals surface area contributed by atoms with E-state index in [9.17, 15) is 4.79 Å². The molecular formula is C24H22ClN3O2. The standard InChI is InChI=1S/C24H22ClN3O2/c1-30-22-12-5-2-7-18(22)16-28-21-11-4-3-10-20(21)27-23(28)13-14-26-24(29)17-8-6-9-19(25)15-17/h2-12,15H,13-14,16H2,1H3,(H,26,29). The van der Waals surface area contributed by atoms with E-state index in [1.165, 1.54) is 0 Å². The van der Waals surface area contributed by atoms with Gasteiger partial charge in [-0.3, -0.25) is 4.79 Å². The van der Waals surface area contributed by atoms with E-state index in [4.69, 9.17) is 21.3 Å². The first kappa shape index (κ1) is 20.0. The SMILES string of the molecule is COc1ccccc1Cn1c(CCNC(=O)c2cccc(Cl)c2)nc2ccccc21. The van der Waals surface area contributed by atoms with Gasteiger partial charge in [0.15, 0.2) is 0 Å². The molecule has 0 aliphatic rings. The Labute approximate surface area is 180 Å². The second-order valence-corrected chi connectivity index (χ2v) is 7.37. The van der Waals surface area contributed by atoms with Crippen molar-refractivity contribution in [2.75, 3.05) is 13.7 Å². The Morgan fingerprint density at radius 2 is 1.87 bits per heavy atom. The molecule has 0 saturated carbocycles. The van der Waals surface area contributed by atoms with Crippen LogP contribution in [0.15, 0.2) is 72.8 Å². The predicted octanol–water partition coefficient (Wildman–Crippen LogP) is 4.72. The molecule has 4 aromatic rings. The molecule has 1 aromatic heterocycles. The van der Waals surface area contributed by atoms with Crippen LogP contribution in [0.25, 0.3) is 11.0 Å². The lowest BCUT2D eigenvalue weighted by Crippen LogP contribution is -2.26. The third kappa shape index (κ3) is 4.31. The number of rotatable bonds is 7. The number of nitrogens with one attached hydrogen (secondary N) is 1. The van der Waals surface area contributed by atoms with Crippen LogP contribution in [-0.4, -0.2) is 29.1 Å². The number of imidazole rings is 1. The molecule has 0 radical (unpaired) electrons. The van der Waals surface area contributed by atoms with Crippen molar-refractivity contribution in [3.63, 3.8) is 0 Å². The van der Waals surface area contributed by atoms with Gasteiger partial charge in [-0.05, 0) is 36.4 Å². The van der Waals surface area contributed by atoms with Crippen molar-refractivity contribution in [3.05, 3.63) is 94.8 Å². The molecule has 30 heavy (non-hydrogen) atoms. The highest BCUT2D eigenvalue weighted by Crippen LogP contribution is 2.23. The van der Waals surface area contributed by atoms with Crippen molar-refractivity contribution in [1.29, 1.82) is 0 Å². The van der Waals surface area contributed by atoms with E-state index in [-0.39, 0.29) is 5.91 Å². The molecule has 5 nitrogen and oxygen atoms in total. The van der Waals surface area contributed by atoms with Crippen LogP contribution in [0, 0.1) is 0 Å². The van der Waals surface area contributed by atoms with E-state index >= 15 is 0 Å². The first-order chi connectivity index (χ1) is 14.7. The number of ether oxygens (including phenoxy) is 1. The van der Waals surface area contributed by atoms with Crippen LogP contribution < -0.4 is 10.1 Å². The summed E-state index contributed by atoms with van der Waals surface area (Å²) in [6.45, 7) is 1.11. The first-order valence-electron chi connectivity index (χ1n) is 9.75. The summed E-state index contributed by atoms with van der Waals surface area (Å²) in [5.74, 6) is 1.61. The summed E-state index contributed by atoms with van der Waals surface area (Å²) in [7, 11) is 1.68. The van der Waals surface area contributed by atoms with Crippen molar-refractivity contribution in [3.8, 4) is 5.75 Å². The molecule has 0 spiro atoms. The number of amides is 1. The quantitative estimate of drug-likeness (QED) is 0.471. The molecule has 0 aliphatic carbocycles. The summed E-state index contributed by atoms with van der Waals surface area (Å²) in [5.41, 5.74) is 3.61. The van der Waals surface area contributed by atoms with E-state index in [0.29, 0.717) is 30.1 Å². The van der Waals surface area contributed by atoms with E-state index in [1.54, 1.807) is 31.4 Å². The van der Waals surface area contributed by atoms with Crippen LogP contribution in [0.5, 0.6) is 5.75 Å². The number of benzene rings is 3. The van der Waals surface area contributed by atoms with Crippen LogP contribution >= 0.6 is 11.6 Å². The Morgan fingerprint density at radius 3 is 2.70 bits per heavy atom. The zero-order valence-corrected chi connectivity index (χ0v) is 17.4. The maximum absolute atomic E-state index is 12.4. The Morgan fingerprint density at radius 1 is 1.07 bits per heavy atom. The molecule has 152 valence electrons. The maximum Gasteiger partial charge on any atom is 0.251 e. The molecule has 6 heteroatoms. The largest absolute Gasteiger partial charge is 0.496 e. The fourth-order valence-electron chi connectivity index (χ4n) is 3.52. The van der Waals surface area contributed by atoms with Gasteiger partial charge in [0.25, 0.3) is 5.91 Å². The third-order valence-electron chi connectivity index (χ3n) is 4.98. The van der Waals surface area contributed by atoms with E-state index in [2.05, 4.69) is 22.0 Å². The summed E-state index contributed by atoms with van der Waals surface area (Å²) >= 11 is 5.98. The Balaban J connectivity index is 1.55. The van der Waals surface area contributed by atoms with E-state index in [1.807, 2.05) is 36.4 Å². The van der Waals surface area contributed by atoms with Gasteiger partial charge in [-0.15, -0.1) is 0 Å². The van der Waals surface area contributed by atoms with Crippen LogP contribution in [-0.2, 0) is 13.0 Å². The number of halogens is 1. The van der Waals surface area contributed by atoms with Crippen molar-refractivity contribution < 1.29 is 9.53 Å². The fraction of sp³-hybridized carbons (Fsp3) is 0.167. The molecule has 3 aromatic carbocycles. The van der Waals surface area contributed by atoms with Crippen LogP contribution in [0.2, 0.25) is 5.02 Å². The minimum absolute atomic E-state index is 0.148. The Bertz CT molecular complexity index is 1190. The van der Waals surface area contributed by atoms with Crippen LogP contribution in [0.4, 0.5) is 0 Å². The second-order valence-electron chi connectivity index (χ2n) is 6.93. The normalized spacial score (nSPS) is 10.9. The zero-order valence-electron chi connectivity index (χ0n) is 16.6. The number of hydrogen-bond acceptors (Lipinski definition) is 3. The number of hydrogen-bond donors (Lipinski definition) is 1. The molecule has 0 aliphatic heterocycles. The van der Waals surface area contributed by atoms with Gasteiger partial charge in [-0.2, -0.15) is 0 Å². The average molecular weight is 420 g/mol. The average Bonchev–Trinajstić information content (AvgIpc) is 3.11. The van der Waals surface area contributed by atoms with Crippen LogP contribution in [0.3, 0.4) is 0 Å². The summed E-state index contributed by atoms with van der Waals surface area (Å²) < 4.78 is 7.70. The summed E-state index contributed by atoms with van der Waals surface area (Å²) in [5, 5.41) is 3.50. The van der Waals surface area contributed by atoms with E-state index in [0.717, 1.165) is 28.2 Å². The number of carbonyl (C=O) groups is 1. The molecule has 0 bridgehead atoms.